The first kappa shape index (κ1) is 16.4. The number of H-pyrrole nitrogens is 1. The molecule has 2 N–H and O–H groups in total. The van der Waals surface area contributed by atoms with Crippen LogP contribution in [0.2, 0.25) is 5.02 Å². The SMILES string of the molecule is O=C(NCc1cc2cc(Cl)c(OCc3cscn3)cc2[nH]1)[C@@H]1C[C@@H]1F. The van der Waals surface area contributed by atoms with Crippen molar-refractivity contribution in [1.29, 1.82) is 0 Å². The van der Waals surface area contributed by atoms with E-state index in [2.05, 4.69) is 15.3 Å². The molecule has 1 aliphatic rings. The lowest BCUT2D eigenvalue weighted by molar-refractivity contribution is -0.122. The Kier molecular flexibility index (Phi) is 4.35. The van der Waals surface area contributed by atoms with E-state index >= 15 is 0 Å². The predicted octanol–water partition coefficient (Wildman–Crippen LogP) is 3.83. The van der Waals surface area contributed by atoms with Crippen molar-refractivity contribution in [3.05, 3.63) is 45.5 Å². The molecular weight excluding hydrogens is 365 g/mol. The average molecular weight is 380 g/mol. The fourth-order valence-corrected chi connectivity index (χ4v) is 3.38. The van der Waals surface area contributed by atoms with Crippen LogP contribution in [0.1, 0.15) is 17.8 Å². The maximum absolute atomic E-state index is 12.9. The zero-order valence-electron chi connectivity index (χ0n) is 13.1. The molecule has 1 saturated carbocycles. The largest absolute Gasteiger partial charge is 0.486 e. The summed E-state index contributed by atoms with van der Waals surface area (Å²) >= 11 is 7.79. The fourth-order valence-electron chi connectivity index (χ4n) is 2.61. The molecular formula is C17H15ClFN3O2S. The van der Waals surface area contributed by atoms with Crippen LogP contribution in [0.25, 0.3) is 10.9 Å². The molecule has 4 rings (SSSR count). The smallest absolute Gasteiger partial charge is 0.226 e. The number of carbonyl (C=O) groups excluding carboxylic acids is 1. The minimum absolute atomic E-state index is 0.239. The highest BCUT2D eigenvalue weighted by atomic mass is 35.5. The molecule has 1 aliphatic carbocycles. The monoisotopic (exact) mass is 379 g/mol. The summed E-state index contributed by atoms with van der Waals surface area (Å²) in [6, 6.07) is 5.55. The molecule has 8 heteroatoms. The minimum atomic E-state index is -0.987. The van der Waals surface area contributed by atoms with Gasteiger partial charge in [-0.3, -0.25) is 4.79 Å². The Morgan fingerprint density at radius 3 is 3.04 bits per heavy atom. The number of aromatic nitrogens is 2. The molecule has 1 amide bonds. The Morgan fingerprint density at radius 1 is 1.48 bits per heavy atom. The molecule has 3 aromatic rings. The summed E-state index contributed by atoms with van der Waals surface area (Å²) in [5.74, 6) is -0.154. The number of benzene rings is 1. The van der Waals surface area contributed by atoms with E-state index in [9.17, 15) is 9.18 Å². The minimum Gasteiger partial charge on any atom is -0.486 e. The molecule has 0 aliphatic heterocycles. The number of halogens is 2. The molecule has 0 saturated heterocycles. The number of carbonyl (C=O) groups is 1. The molecule has 0 spiro atoms. The number of nitrogens with zero attached hydrogens (tertiary/aromatic N) is 1. The third kappa shape index (κ3) is 3.62. The Hall–Kier alpha value is -2.12. The highest BCUT2D eigenvalue weighted by Gasteiger charge is 2.43. The van der Waals surface area contributed by atoms with Gasteiger partial charge in [0.05, 0.1) is 28.7 Å². The molecule has 0 radical (unpaired) electrons. The summed E-state index contributed by atoms with van der Waals surface area (Å²) in [6.45, 7) is 0.674. The van der Waals surface area contributed by atoms with Crippen LogP contribution in [0.4, 0.5) is 4.39 Å². The second-order valence-electron chi connectivity index (χ2n) is 6.01. The van der Waals surface area contributed by atoms with Gasteiger partial charge in [-0.1, -0.05) is 11.6 Å². The second kappa shape index (κ2) is 6.65. The van der Waals surface area contributed by atoms with Crippen LogP contribution in [0.15, 0.2) is 29.1 Å². The van der Waals surface area contributed by atoms with E-state index in [-0.39, 0.29) is 5.91 Å². The number of aromatic amines is 1. The van der Waals surface area contributed by atoms with E-state index in [0.29, 0.717) is 30.3 Å². The topological polar surface area (TPSA) is 67.0 Å². The van der Waals surface area contributed by atoms with Crippen LogP contribution in [-0.4, -0.2) is 22.0 Å². The summed E-state index contributed by atoms with van der Waals surface area (Å²) in [5.41, 5.74) is 4.29. The van der Waals surface area contributed by atoms with Crippen molar-refractivity contribution in [3.8, 4) is 5.75 Å². The molecule has 2 atom stereocenters. The summed E-state index contributed by atoms with van der Waals surface area (Å²) in [4.78, 5) is 19.1. The van der Waals surface area contributed by atoms with E-state index in [0.717, 1.165) is 22.3 Å². The van der Waals surface area contributed by atoms with Crippen molar-refractivity contribution >= 4 is 39.7 Å². The highest BCUT2D eigenvalue weighted by Crippen LogP contribution is 2.34. The van der Waals surface area contributed by atoms with Crippen LogP contribution in [0.3, 0.4) is 0 Å². The maximum Gasteiger partial charge on any atom is 0.226 e. The van der Waals surface area contributed by atoms with Gasteiger partial charge in [-0.05, 0) is 18.6 Å². The van der Waals surface area contributed by atoms with Gasteiger partial charge in [-0.2, -0.15) is 0 Å². The van der Waals surface area contributed by atoms with Crippen LogP contribution in [-0.2, 0) is 17.9 Å². The highest BCUT2D eigenvalue weighted by molar-refractivity contribution is 7.07. The van der Waals surface area contributed by atoms with E-state index in [1.165, 1.54) is 11.3 Å². The maximum atomic E-state index is 12.9. The second-order valence-corrected chi connectivity index (χ2v) is 7.13. The molecule has 1 aromatic carbocycles. The van der Waals surface area contributed by atoms with Crippen molar-refractivity contribution in [2.45, 2.75) is 25.7 Å². The Labute approximate surface area is 152 Å². The van der Waals surface area contributed by atoms with Gasteiger partial charge < -0.3 is 15.0 Å². The normalized spacial score (nSPS) is 19.1. The fraction of sp³-hybridized carbons (Fsp3) is 0.294. The average Bonchev–Trinajstić information content (AvgIpc) is 3.00. The van der Waals surface area contributed by atoms with Gasteiger partial charge in [0, 0.05) is 28.0 Å². The summed E-state index contributed by atoms with van der Waals surface area (Å²) in [6.07, 6.45) is -0.660. The number of ether oxygens (including phenoxy) is 1. The predicted molar refractivity (Wildman–Crippen MR) is 94.6 cm³/mol. The molecule has 2 aromatic heterocycles. The third-order valence-corrected chi connectivity index (χ3v) is 5.02. The van der Waals surface area contributed by atoms with Crippen LogP contribution in [0.5, 0.6) is 5.75 Å². The zero-order chi connectivity index (χ0) is 17.4. The molecule has 5 nitrogen and oxygen atoms in total. The van der Waals surface area contributed by atoms with Gasteiger partial charge in [0.2, 0.25) is 5.91 Å². The molecule has 2 heterocycles. The quantitative estimate of drug-likeness (QED) is 0.684. The van der Waals surface area contributed by atoms with Crippen LogP contribution < -0.4 is 10.1 Å². The van der Waals surface area contributed by atoms with E-state index in [1.807, 2.05) is 23.6 Å². The van der Waals surface area contributed by atoms with Crippen molar-refractivity contribution in [2.75, 3.05) is 0 Å². The lowest BCUT2D eigenvalue weighted by Crippen LogP contribution is -2.25. The molecule has 130 valence electrons. The summed E-state index contributed by atoms with van der Waals surface area (Å²) < 4.78 is 18.6. The summed E-state index contributed by atoms with van der Waals surface area (Å²) in [5, 5.41) is 6.10. The Bertz CT molecular complexity index is 912. The number of rotatable bonds is 6. The molecule has 25 heavy (non-hydrogen) atoms. The first-order valence-electron chi connectivity index (χ1n) is 7.83. The van der Waals surface area contributed by atoms with Crippen molar-refractivity contribution in [1.82, 2.24) is 15.3 Å². The molecule has 0 bridgehead atoms. The van der Waals surface area contributed by atoms with Gasteiger partial charge in [-0.25, -0.2) is 9.37 Å². The zero-order valence-corrected chi connectivity index (χ0v) is 14.7. The molecule has 0 unspecified atom stereocenters. The lowest BCUT2D eigenvalue weighted by atomic mass is 10.2. The lowest BCUT2D eigenvalue weighted by Gasteiger charge is -2.06. The van der Waals surface area contributed by atoms with E-state index < -0.39 is 12.1 Å². The van der Waals surface area contributed by atoms with E-state index in [4.69, 9.17) is 16.3 Å². The number of thiazole rings is 1. The standard InChI is InChI=1S/C17H15ClFN3O2S/c18-13-2-9-1-10(5-20-17(23)12-3-14(12)19)22-15(9)4-16(13)24-6-11-7-25-8-21-11/h1-2,4,7-8,12,14,22H,3,5-6H2,(H,20,23)/t12-,14+/m1/s1. The van der Waals surface area contributed by atoms with Gasteiger partial charge in [0.25, 0.3) is 0 Å². The van der Waals surface area contributed by atoms with Crippen molar-refractivity contribution < 1.29 is 13.9 Å². The number of hydrogen-bond donors (Lipinski definition) is 2. The first-order chi connectivity index (χ1) is 12.1. The van der Waals surface area contributed by atoms with Gasteiger partial charge >= 0.3 is 0 Å². The summed E-state index contributed by atoms with van der Waals surface area (Å²) in [7, 11) is 0. The Morgan fingerprint density at radius 2 is 2.32 bits per heavy atom. The van der Waals surface area contributed by atoms with Gasteiger partial charge in [0.1, 0.15) is 18.5 Å². The van der Waals surface area contributed by atoms with Crippen molar-refractivity contribution in [2.24, 2.45) is 5.92 Å². The van der Waals surface area contributed by atoms with Gasteiger partial charge in [0.15, 0.2) is 0 Å². The number of fused-ring (bicyclic) bond motifs is 1. The van der Waals surface area contributed by atoms with Crippen LogP contribution in [0, 0.1) is 5.92 Å². The van der Waals surface area contributed by atoms with Gasteiger partial charge in [-0.15, -0.1) is 11.3 Å². The first-order valence-corrected chi connectivity index (χ1v) is 9.15. The molecule has 1 fully saturated rings. The number of alkyl halides is 1. The van der Waals surface area contributed by atoms with Crippen LogP contribution >= 0.6 is 22.9 Å². The number of amides is 1. The third-order valence-electron chi connectivity index (χ3n) is 4.09. The van der Waals surface area contributed by atoms with Crippen molar-refractivity contribution in [3.63, 3.8) is 0 Å². The number of nitrogens with one attached hydrogen (secondary N) is 2. The Balaban J connectivity index is 1.45. The number of hydrogen-bond acceptors (Lipinski definition) is 4. The van der Waals surface area contributed by atoms with E-state index in [1.54, 1.807) is 5.51 Å².